The van der Waals surface area contributed by atoms with E-state index in [0.29, 0.717) is 11.9 Å². The molecule has 104 valence electrons. The van der Waals surface area contributed by atoms with Crippen LogP contribution in [0.1, 0.15) is 32.3 Å². The Bertz CT molecular complexity index is 464. The number of benzene rings is 1. The normalized spacial score (nSPS) is 17.6. The summed E-state index contributed by atoms with van der Waals surface area (Å²) < 4.78 is 1.18. The Hall–Kier alpha value is -1.03. The van der Waals surface area contributed by atoms with Crippen molar-refractivity contribution in [3.8, 4) is 0 Å². The fraction of sp³-hybridized carbons (Fsp3) is 0.533. The summed E-state index contributed by atoms with van der Waals surface area (Å²) in [7, 11) is 0. The van der Waals surface area contributed by atoms with Gasteiger partial charge < -0.3 is 11.1 Å². The topological polar surface area (TPSA) is 50.4 Å². The average Bonchev–Trinajstić information content (AvgIpc) is 3.15. The molecule has 0 spiro atoms. The molecular formula is C15H22BrN3. The number of hydrogen-bond acceptors (Lipinski definition) is 1. The van der Waals surface area contributed by atoms with Crippen molar-refractivity contribution < 1.29 is 0 Å². The summed E-state index contributed by atoms with van der Waals surface area (Å²) in [6.45, 7) is 5.96. The molecule has 0 radical (unpaired) electrons. The maximum Gasteiger partial charge on any atom is 0.188 e. The maximum absolute atomic E-state index is 5.90. The molecule has 3 N–H and O–H groups in total. The van der Waals surface area contributed by atoms with E-state index in [1.807, 2.05) is 6.07 Å². The predicted octanol–water partition coefficient (Wildman–Crippen LogP) is 3.04. The molecule has 1 saturated carbocycles. The van der Waals surface area contributed by atoms with E-state index in [2.05, 4.69) is 58.3 Å². The minimum Gasteiger partial charge on any atom is -0.370 e. The van der Waals surface area contributed by atoms with Gasteiger partial charge in [0.15, 0.2) is 5.96 Å². The van der Waals surface area contributed by atoms with E-state index in [1.54, 1.807) is 0 Å². The highest BCUT2D eigenvalue weighted by molar-refractivity contribution is 9.10. The van der Waals surface area contributed by atoms with Gasteiger partial charge in [0.05, 0.1) is 6.54 Å². The third-order valence-electron chi connectivity index (χ3n) is 3.54. The van der Waals surface area contributed by atoms with Gasteiger partial charge in [-0.3, -0.25) is 4.99 Å². The fourth-order valence-electron chi connectivity index (χ4n) is 2.16. The third kappa shape index (κ3) is 3.72. The predicted molar refractivity (Wildman–Crippen MR) is 84.4 cm³/mol. The molecule has 1 aliphatic rings. The van der Waals surface area contributed by atoms with Crippen LogP contribution in [0.15, 0.2) is 33.7 Å². The number of nitrogens with one attached hydrogen (secondary N) is 1. The van der Waals surface area contributed by atoms with Gasteiger partial charge in [0.1, 0.15) is 0 Å². The zero-order valence-electron chi connectivity index (χ0n) is 11.6. The monoisotopic (exact) mass is 323 g/mol. The highest BCUT2D eigenvalue weighted by Crippen LogP contribution is 2.50. The zero-order valence-corrected chi connectivity index (χ0v) is 13.2. The van der Waals surface area contributed by atoms with Gasteiger partial charge in [-0.05, 0) is 30.4 Å². The van der Waals surface area contributed by atoms with Crippen molar-refractivity contribution >= 4 is 21.9 Å². The van der Waals surface area contributed by atoms with Crippen LogP contribution in [0.2, 0.25) is 0 Å². The van der Waals surface area contributed by atoms with Crippen molar-refractivity contribution in [2.75, 3.05) is 13.1 Å². The first-order chi connectivity index (χ1) is 9.03. The number of hydrogen-bond donors (Lipinski definition) is 2. The third-order valence-corrected chi connectivity index (χ3v) is 4.23. The van der Waals surface area contributed by atoms with Gasteiger partial charge in [0.2, 0.25) is 0 Å². The number of guanidine groups is 1. The van der Waals surface area contributed by atoms with Crippen molar-refractivity contribution in [1.29, 1.82) is 0 Å². The highest BCUT2D eigenvalue weighted by Gasteiger charge is 2.45. The molecule has 19 heavy (non-hydrogen) atoms. The van der Waals surface area contributed by atoms with Crippen LogP contribution in [0.5, 0.6) is 0 Å². The van der Waals surface area contributed by atoms with Gasteiger partial charge in [0, 0.05) is 16.4 Å². The lowest BCUT2D eigenvalue weighted by Crippen LogP contribution is -2.35. The molecule has 1 aliphatic carbocycles. The minimum atomic E-state index is 0.199. The molecule has 1 aromatic carbocycles. The Balaban J connectivity index is 1.99. The van der Waals surface area contributed by atoms with Gasteiger partial charge in [0.25, 0.3) is 0 Å². The van der Waals surface area contributed by atoms with E-state index in [0.717, 1.165) is 13.1 Å². The van der Waals surface area contributed by atoms with Crippen molar-refractivity contribution in [2.45, 2.75) is 32.1 Å². The highest BCUT2D eigenvalue weighted by atomic mass is 79.9. The Kier molecular flexibility index (Phi) is 4.50. The van der Waals surface area contributed by atoms with Crippen LogP contribution in [0.25, 0.3) is 0 Å². The summed E-state index contributed by atoms with van der Waals surface area (Å²) >= 11 is 3.63. The summed E-state index contributed by atoms with van der Waals surface area (Å²) in [6, 6.07) is 8.42. The molecule has 0 aromatic heterocycles. The summed E-state index contributed by atoms with van der Waals surface area (Å²) in [4.78, 5) is 4.51. The molecule has 0 unspecified atom stereocenters. The van der Waals surface area contributed by atoms with Crippen LogP contribution in [-0.2, 0) is 5.41 Å². The van der Waals surface area contributed by atoms with Gasteiger partial charge in [-0.2, -0.15) is 0 Å². The van der Waals surface area contributed by atoms with E-state index in [4.69, 9.17) is 5.73 Å². The second-order valence-corrected chi connectivity index (χ2v) is 6.59. The number of rotatable bonds is 5. The molecular weight excluding hydrogens is 302 g/mol. The molecule has 0 aliphatic heterocycles. The van der Waals surface area contributed by atoms with E-state index in [1.165, 1.54) is 22.9 Å². The first-order valence-electron chi connectivity index (χ1n) is 6.82. The van der Waals surface area contributed by atoms with Crippen LogP contribution in [-0.4, -0.2) is 19.0 Å². The van der Waals surface area contributed by atoms with Gasteiger partial charge in [-0.25, -0.2) is 0 Å². The lowest BCUT2D eigenvalue weighted by atomic mass is 9.96. The van der Waals surface area contributed by atoms with Crippen molar-refractivity contribution in [1.82, 2.24) is 5.32 Å². The van der Waals surface area contributed by atoms with Crippen LogP contribution in [0, 0.1) is 5.92 Å². The van der Waals surface area contributed by atoms with Crippen molar-refractivity contribution in [2.24, 2.45) is 16.6 Å². The van der Waals surface area contributed by atoms with E-state index < -0.39 is 0 Å². The molecule has 2 rings (SSSR count). The van der Waals surface area contributed by atoms with E-state index in [9.17, 15) is 0 Å². The number of nitrogens with zero attached hydrogens (tertiary/aromatic N) is 1. The largest absolute Gasteiger partial charge is 0.370 e. The SMILES string of the molecule is CC(C)CNC(N)=NCC1(c2ccccc2Br)CC1. The number of nitrogens with two attached hydrogens (primary N) is 1. The van der Waals surface area contributed by atoms with Crippen LogP contribution >= 0.6 is 15.9 Å². The fourth-order valence-corrected chi connectivity index (χ4v) is 2.86. The van der Waals surface area contributed by atoms with Crippen LogP contribution < -0.4 is 11.1 Å². The first-order valence-corrected chi connectivity index (χ1v) is 7.62. The van der Waals surface area contributed by atoms with Crippen LogP contribution in [0.4, 0.5) is 0 Å². The lowest BCUT2D eigenvalue weighted by Gasteiger charge is -2.16. The first kappa shape index (κ1) is 14.4. The Morgan fingerprint density at radius 1 is 1.42 bits per heavy atom. The summed E-state index contributed by atoms with van der Waals surface area (Å²) in [5.74, 6) is 1.14. The average molecular weight is 324 g/mol. The number of aliphatic imine (C=N–C) groups is 1. The van der Waals surface area contributed by atoms with Crippen molar-refractivity contribution in [3.63, 3.8) is 0 Å². The molecule has 1 fully saturated rings. The standard InChI is InChI=1S/C15H22BrN3/c1-11(2)9-18-14(17)19-10-15(7-8-15)12-5-3-4-6-13(12)16/h3-6,11H,7-10H2,1-2H3,(H3,17,18,19). The van der Waals surface area contributed by atoms with Crippen LogP contribution in [0.3, 0.4) is 0 Å². The molecule has 0 heterocycles. The maximum atomic E-state index is 5.90. The summed E-state index contributed by atoms with van der Waals surface area (Å²) in [5.41, 5.74) is 7.46. The second-order valence-electron chi connectivity index (χ2n) is 5.74. The molecule has 4 heteroatoms. The molecule has 0 bridgehead atoms. The van der Waals surface area contributed by atoms with Gasteiger partial charge in [-0.1, -0.05) is 48.0 Å². The Morgan fingerprint density at radius 3 is 2.68 bits per heavy atom. The Labute approximate surface area is 123 Å². The quantitative estimate of drug-likeness (QED) is 0.646. The summed E-state index contributed by atoms with van der Waals surface area (Å²) in [5, 5.41) is 3.16. The molecule has 1 aromatic rings. The second kappa shape index (κ2) is 5.95. The Morgan fingerprint density at radius 2 is 2.11 bits per heavy atom. The number of halogens is 1. The lowest BCUT2D eigenvalue weighted by molar-refractivity contribution is 0.618. The van der Waals surface area contributed by atoms with Crippen molar-refractivity contribution in [3.05, 3.63) is 34.3 Å². The molecule has 3 nitrogen and oxygen atoms in total. The summed E-state index contributed by atoms with van der Waals surface area (Å²) in [6.07, 6.45) is 2.38. The molecule has 0 saturated heterocycles. The molecule has 0 amide bonds. The minimum absolute atomic E-state index is 0.199. The smallest absolute Gasteiger partial charge is 0.188 e. The van der Waals surface area contributed by atoms with E-state index >= 15 is 0 Å². The van der Waals surface area contributed by atoms with Gasteiger partial charge in [-0.15, -0.1) is 0 Å². The van der Waals surface area contributed by atoms with E-state index in [-0.39, 0.29) is 5.41 Å². The van der Waals surface area contributed by atoms with Gasteiger partial charge >= 0.3 is 0 Å². The molecule has 0 atom stereocenters. The zero-order chi connectivity index (χ0) is 13.9.